The number of nitrogens with zero attached hydrogens (tertiary/aromatic N) is 4. The number of benzene rings is 1. The molecule has 0 radical (unpaired) electrons. The van der Waals surface area contributed by atoms with Crippen molar-refractivity contribution in [2.75, 3.05) is 34.3 Å². The molecule has 1 fully saturated rings. The second-order valence-corrected chi connectivity index (χ2v) is 8.68. The predicted octanol–water partition coefficient (Wildman–Crippen LogP) is 3.58. The number of para-hydroxylation sites is 1. The van der Waals surface area contributed by atoms with Crippen LogP contribution in [0, 0.1) is 0 Å². The normalized spacial score (nSPS) is 17.9. The van der Waals surface area contributed by atoms with E-state index in [0.29, 0.717) is 10.7 Å². The number of methoxy groups -OCH3 is 1. The van der Waals surface area contributed by atoms with Crippen LogP contribution < -0.4 is 5.32 Å². The standard InChI is InChI=1S/C25H29N5O2S/c1-28(2)15-9-17-30-23(22(27-25(30)33)19-11-6-7-14-26-19)21-13-8-16-29(21)20-12-5-4-10-18(20)24(31)32-3/h4-8,10-14,16,22-23H,9,15,17H2,1-3H3,(H,27,33)/t22-,23-/m1/s1. The number of hydrogen-bond acceptors (Lipinski definition) is 5. The second kappa shape index (κ2) is 10.1. The maximum atomic E-state index is 12.5. The highest BCUT2D eigenvalue weighted by Crippen LogP contribution is 2.39. The van der Waals surface area contributed by atoms with Crippen molar-refractivity contribution in [3.63, 3.8) is 0 Å². The summed E-state index contributed by atoms with van der Waals surface area (Å²) < 4.78 is 7.09. The fraction of sp³-hybridized carbons (Fsp3) is 0.320. The van der Waals surface area contributed by atoms with Gasteiger partial charge in [0.05, 0.1) is 36.1 Å². The van der Waals surface area contributed by atoms with Crippen LogP contribution in [0.1, 0.15) is 40.3 Å². The first kappa shape index (κ1) is 22.9. The number of thiocarbonyl (C=S) groups is 1. The van der Waals surface area contributed by atoms with Gasteiger partial charge < -0.3 is 24.4 Å². The highest BCUT2D eigenvalue weighted by atomic mass is 32.1. The van der Waals surface area contributed by atoms with Gasteiger partial charge in [-0.3, -0.25) is 4.98 Å². The Hall–Kier alpha value is -3.23. The molecule has 4 rings (SSSR count). The molecule has 1 saturated heterocycles. The lowest BCUT2D eigenvalue weighted by Gasteiger charge is -2.29. The number of ether oxygens (including phenoxy) is 1. The van der Waals surface area contributed by atoms with Gasteiger partial charge in [0.1, 0.15) is 0 Å². The molecule has 33 heavy (non-hydrogen) atoms. The van der Waals surface area contributed by atoms with Crippen molar-refractivity contribution in [3.8, 4) is 5.69 Å². The number of carbonyl (C=O) groups excluding carboxylic acids is 1. The summed E-state index contributed by atoms with van der Waals surface area (Å²) in [5.74, 6) is -0.366. The van der Waals surface area contributed by atoms with Gasteiger partial charge in [0.25, 0.3) is 0 Å². The van der Waals surface area contributed by atoms with Crippen molar-refractivity contribution in [3.05, 3.63) is 83.9 Å². The number of rotatable bonds is 8. The number of pyridine rings is 1. The zero-order valence-corrected chi connectivity index (χ0v) is 20.0. The molecule has 1 N–H and O–H groups in total. The van der Waals surface area contributed by atoms with E-state index in [2.05, 4.69) is 44.8 Å². The molecule has 1 aromatic carbocycles. The Balaban J connectivity index is 1.78. The van der Waals surface area contributed by atoms with Crippen LogP contribution in [0.5, 0.6) is 0 Å². The van der Waals surface area contributed by atoms with E-state index in [0.717, 1.165) is 36.6 Å². The lowest BCUT2D eigenvalue weighted by atomic mass is 10.0. The van der Waals surface area contributed by atoms with E-state index in [-0.39, 0.29) is 18.1 Å². The van der Waals surface area contributed by atoms with Crippen LogP contribution in [0.4, 0.5) is 0 Å². The molecule has 172 valence electrons. The maximum absolute atomic E-state index is 12.5. The van der Waals surface area contributed by atoms with Crippen molar-refractivity contribution in [2.45, 2.75) is 18.5 Å². The van der Waals surface area contributed by atoms with Crippen LogP contribution in [0.2, 0.25) is 0 Å². The number of nitrogens with one attached hydrogen (secondary N) is 1. The summed E-state index contributed by atoms with van der Waals surface area (Å²) in [7, 11) is 5.55. The third-order valence-corrected chi connectivity index (χ3v) is 6.21. The predicted molar refractivity (Wildman–Crippen MR) is 132 cm³/mol. The molecular formula is C25H29N5O2S. The minimum atomic E-state index is -0.366. The Morgan fingerprint density at radius 2 is 1.94 bits per heavy atom. The first-order valence-corrected chi connectivity index (χ1v) is 11.4. The molecular weight excluding hydrogens is 434 g/mol. The van der Waals surface area contributed by atoms with Crippen molar-refractivity contribution in [2.24, 2.45) is 0 Å². The van der Waals surface area contributed by atoms with E-state index in [1.165, 1.54) is 7.11 Å². The van der Waals surface area contributed by atoms with E-state index < -0.39 is 0 Å². The van der Waals surface area contributed by atoms with E-state index in [9.17, 15) is 4.79 Å². The highest BCUT2D eigenvalue weighted by Gasteiger charge is 2.41. The average Bonchev–Trinajstić information content (AvgIpc) is 3.43. The van der Waals surface area contributed by atoms with Crippen LogP contribution >= 0.6 is 12.2 Å². The fourth-order valence-corrected chi connectivity index (χ4v) is 4.68. The van der Waals surface area contributed by atoms with Gasteiger partial charge in [-0.2, -0.15) is 0 Å². The SMILES string of the molecule is COC(=O)c1ccccc1-n1cccc1[C@@H]1[C@@H](c2ccccn2)NC(=S)N1CCCN(C)C. The smallest absolute Gasteiger partial charge is 0.339 e. The molecule has 3 heterocycles. The molecule has 0 aliphatic carbocycles. The molecule has 0 bridgehead atoms. The number of esters is 1. The summed E-state index contributed by atoms with van der Waals surface area (Å²) in [6, 6.07) is 17.3. The van der Waals surface area contributed by atoms with Crippen LogP contribution in [-0.4, -0.2) is 64.7 Å². The molecule has 7 nitrogen and oxygen atoms in total. The Labute approximate surface area is 200 Å². The van der Waals surface area contributed by atoms with Gasteiger partial charge in [-0.05, 0) is 75.7 Å². The van der Waals surface area contributed by atoms with Gasteiger partial charge in [-0.15, -0.1) is 0 Å². The summed E-state index contributed by atoms with van der Waals surface area (Å²) in [6.45, 7) is 1.77. The molecule has 0 spiro atoms. The molecule has 1 aliphatic heterocycles. The minimum absolute atomic E-state index is 0.0877. The quantitative estimate of drug-likeness (QED) is 0.405. The highest BCUT2D eigenvalue weighted by molar-refractivity contribution is 7.80. The van der Waals surface area contributed by atoms with E-state index in [4.69, 9.17) is 17.0 Å². The zero-order chi connectivity index (χ0) is 23.4. The van der Waals surface area contributed by atoms with Gasteiger partial charge >= 0.3 is 5.97 Å². The van der Waals surface area contributed by atoms with Crippen LogP contribution in [0.25, 0.3) is 5.69 Å². The molecule has 2 aromatic heterocycles. The monoisotopic (exact) mass is 463 g/mol. The summed E-state index contributed by atoms with van der Waals surface area (Å²) in [6.07, 6.45) is 4.75. The second-order valence-electron chi connectivity index (χ2n) is 8.29. The summed E-state index contributed by atoms with van der Waals surface area (Å²) in [4.78, 5) is 21.5. The average molecular weight is 464 g/mol. The summed E-state index contributed by atoms with van der Waals surface area (Å²) in [5, 5.41) is 4.21. The number of aromatic nitrogens is 2. The summed E-state index contributed by atoms with van der Waals surface area (Å²) >= 11 is 5.78. The van der Waals surface area contributed by atoms with Gasteiger partial charge in [0.2, 0.25) is 0 Å². The molecule has 2 atom stereocenters. The molecule has 1 aliphatic rings. The van der Waals surface area contributed by atoms with Gasteiger partial charge in [0, 0.05) is 24.6 Å². The molecule has 8 heteroatoms. The van der Waals surface area contributed by atoms with E-state index >= 15 is 0 Å². The molecule has 3 aromatic rings. The van der Waals surface area contributed by atoms with Crippen molar-refractivity contribution in [1.82, 2.24) is 24.7 Å². The van der Waals surface area contributed by atoms with Gasteiger partial charge in [-0.25, -0.2) is 4.79 Å². The topological polar surface area (TPSA) is 62.6 Å². The van der Waals surface area contributed by atoms with Crippen molar-refractivity contribution >= 4 is 23.3 Å². The van der Waals surface area contributed by atoms with Crippen LogP contribution in [-0.2, 0) is 4.74 Å². The number of carbonyl (C=O) groups is 1. The third kappa shape index (κ3) is 4.77. The Morgan fingerprint density at radius 3 is 2.67 bits per heavy atom. The minimum Gasteiger partial charge on any atom is -0.465 e. The molecule has 0 saturated carbocycles. The van der Waals surface area contributed by atoms with Crippen LogP contribution in [0.3, 0.4) is 0 Å². The number of hydrogen-bond donors (Lipinski definition) is 1. The summed E-state index contributed by atoms with van der Waals surface area (Å²) in [5.41, 5.74) is 3.24. The third-order valence-electron chi connectivity index (χ3n) is 5.85. The molecule has 0 amide bonds. The fourth-order valence-electron chi connectivity index (χ4n) is 4.35. The molecule has 0 unspecified atom stereocenters. The van der Waals surface area contributed by atoms with Gasteiger partial charge in [0.15, 0.2) is 5.11 Å². The first-order chi connectivity index (χ1) is 16.0. The largest absolute Gasteiger partial charge is 0.465 e. The van der Waals surface area contributed by atoms with Crippen molar-refractivity contribution in [1.29, 1.82) is 0 Å². The Morgan fingerprint density at radius 1 is 1.15 bits per heavy atom. The first-order valence-electron chi connectivity index (χ1n) is 11.0. The maximum Gasteiger partial charge on any atom is 0.339 e. The lowest BCUT2D eigenvalue weighted by molar-refractivity contribution is 0.0600. The lowest BCUT2D eigenvalue weighted by Crippen LogP contribution is -2.33. The van der Waals surface area contributed by atoms with E-state index in [1.54, 1.807) is 12.3 Å². The Kier molecular flexibility index (Phi) is 7.05. The van der Waals surface area contributed by atoms with Crippen molar-refractivity contribution < 1.29 is 9.53 Å². The van der Waals surface area contributed by atoms with Gasteiger partial charge in [-0.1, -0.05) is 18.2 Å². The van der Waals surface area contributed by atoms with Crippen LogP contribution in [0.15, 0.2) is 67.0 Å². The zero-order valence-electron chi connectivity index (χ0n) is 19.1. The Bertz CT molecular complexity index is 1110. The van der Waals surface area contributed by atoms with E-state index in [1.807, 2.05) is 48.7 Å².